The molecular formula is C19H25ClFNO3. The first kappa shape index (κ1) is 19.7. The number of carbonyl (C=O) groups excluding carboxylic acids is 1. The third-order valence-electron chi connectivity index (χ3n) is 4.57. The molecule has 3 rings (SSSR count). The molecule has 6 heteroatoms. The van der Waals surface area contributed by atoms with Crippen LogP contribution in [-0.2, 0) is 17.6 Å². The summed E-state index contributed by atoms with van der Waals surface area (Å²) >= 11 is 0. The van der Waals surface area contributed by atoms with E-state index in [9.17, 15) is 9.18 Å². The highest BCUT2D eigenvalue weighted by atomic mass is 35.5. The molecule has 25 heavy (non-hydrogen) atoms. The van der Waals surface area contributed by atoms with Crippen LogP contribution in [0.1, 0.15) is 48.9 Å². The molecule has 0 spiro atoms. The molecule has 1 aliphatic rings. The largest absolute Gasteiger partial charge is 1.00 e. The summed E-state index contributed by atoms with van der Waals surface area (Å²) in [5.41, 5.74) is 0.931. The van der Waals surface area contributed by atoms with E-state index in [-0.39, 0.29) is 18.0 Å². The fraction of sp³-hybridized carbons (Fsp3) is 0.526. The Morgan fingerprint density at radius 3 is 2.60 bits per heavy atom. The van der Waals surface area contributed by atoms with E-state index >= 15 is 0 Å². The lowest BCUT2D eigenvalue weighted by Crippen LogP contribution is -3.10. The first-order chi connectivity index (χ1) is 11.2. The summed E-state index contributed by atoms with van der Waals surface area (Å²) in [4.78, 5) is 13.7. The standard InChI is InChI=1S/C19H24FNO3.ClH/c1-19(2,3)24-18(22)14-9-13-12-8-11(21(4)5)6-7-16(12)23-17(13)10-15(14)20;/h9-11H,6-8H2,1-5H3;1H. The zero-order valence-corrected chi connectivity index (χ0v) is 16.1. The first-order valence-corrected chi connectivity index (χ1v) is 8.43. The van der Waals surface area contributed by atoms with Crippen molar-refractivity contribution in [2.75, 3.05) is 14.1 Å². The number of likely N-dealkylation sites (N-methyl/N-ethyl adjacent to an activating group) is 1. The van der Waals surface area contributed by atoms with Gasteiger partial charge in [0.2, 0.25) is 0 Å². The molecule has 1 N–H and O–H groups in total. The van der Waals surface area contributed by atoms with Crippen molar-refractivity contribution in [3.05, 3.63) is 34.8 Å². The molecule has 1 aromatic heterocycles. The van der Waals surface area contributed by atoms with Crippen LogP contribution in [0.25, 0.3) is 11.0 Å². The minimum atomic E-state index is -0.659. The number of fused-ring (bicyclic) bond motifs is 3. The van der Waals surface area contributed by atoms with Gasteiger partial charge in [0.25, 0.3) is 0 Å². The number of nitrogens with one attached hydrogen (secondary N) is 1. The summed E-state index contributed by atoms with van der Waals surface area (Å²) in [6.45, 7) is 5.31. The van der Waals surface area contributed by atoms with Crippen LogP contribution < -0.4 is 17.3 Å². The molecule has 0 amide bonds. The lowest BCUT2D eigenvalue weighted by atomic mass is 9.91. The number of hydrogen-bond acceptors (Lipinski definition) is 3. The van der Waals surface area contributed by atoms with Crippen LogP contribution in [0, 0.1) is 5.82 Å². The highest BCUT2D eigenvalue weighted by molar-refractivity contribution is 5.96. The van der Waals surface area contributed by atoms with Gasteiger partial charge in [-0.2, -0.15) is 0 Å². The smallest absolute Gasteiger partial charge is 0.341 e. The Morgan fingerprint density at radius 2 is 2.00 bits per heavy atom. The van der Waals surface area contributed by atoms with E-state index in [1.165, 1.54) is 11.0 Å². The van der Waals surface area contributed by atoms with Gasteiger partial charge in [-0.15, -0.1) is 0 Å². The summed E-state index contributed by atoms with van der Waals surface area (Å²) in [6.07, 6.45) is 2.78. The quantitative estimate of drug-likeness (QED) is 0.728. The van der Waals surface area contributed by atoms with Crippen molar-refractivity contribution in [1.82, 2.24) is 0 Å². The molecule has 0 saturated carbocycles. The molecule has 1 unspecified atom stereocenters. The second-order valence-corrected chi connectivity index (χ2v) is 7.85. The summed E-state index contributed by atoms with van der Waals surface area (Å²) in [5, 5.41) is 0.832. The maximum Gasteiger partial charge on any atom is 0.341 e. The van der Waals surface area contributed by atoms with Crippen LogP contribution >= 0.6 is 0 Å². The maximum atomic E-state index is 14.3. The number of carbonyl (C=O) groups is 1. The van der Waals surface area contributed by atoms with Gasteiger partial charge in [0, 0.05) is 36.3 Å². The van der Waals surface area contributed by atoms with E-state index in [1.807, 2.05) is 0 Å². The first-order valence-electron chi connectivity index (χ1n) is 8.43. The van der Waals surface area contributed by atoms with Crippen LogP contribution in [-0.4, -0.2) is 31.7 Å². The van der Waals surface area contributed by atoms with Gasteiger partial charge in [-0.05, 0) is 26.8 Å². The maximum absolute atomic E-state index is 14.3. The third kappa shape index (κ3) is 3.98. The summed E-state index contributed by atoms with van der Waals surface area (Å²) in [7, 11) is 4.29. The van der Waals surface area contributed by atoms with E-state index in [2.05, 4.69) is 14.1 Å². The normalized spacial score (nSPS) is 17.3. The molecule has 0 aliphatic heterocycles. The zero-order chi connectivity index (χ0) is 17.6. The Morgan fingerprint density at radius 1 is 1.32 bits per heavy atom. The molecule has 138 valence electrons. The van der Waals surface area contributed by atoms with Crippen LogP contribution in [0.4, 0.5) is 4.39 Å². The van der Waals surface area contributed by atoms with Gasteiger partial charge in [-0.25, -0.2) is 9.18 Å². The van der Waals surface area contributed by atoms with Gasteiger partial charge in [0.15, 0.2) is 0 Å². The number of furan rings is 1. The highest BCUT2D eigenvalue weighted by Gasteiger charge is 2.29. The number of quaternary nitrogens is 1. The summed E-state index contributed by atoms with van der Waals surface area (Å²) in [6, 6.07) is 3.41. The number of hydrogen-bond donors (Lipinski definition) is 1. The van der Waals surface area contributed by atoms with Gasteiger partial charge in [0.05, 0.1) is 25.7 Å². The van der Waals surface area contributed by atoms with Crippen LogP contribution in [0.5, 0.6) is 0 Å². The SMILES string of the molecule is C[NH+](C)C1CCc2oc3cc(F)c(C(=O)OC(C)(C)C)cc3c2C1.[Cl-]. The third-order valence-corrected chi connectivity index (χ3v) is 4.57. The number of rotatable bonds is 2. The molecule has 1 atom stereocenters. The van der Waals surface area contributed by atoms with Crippen LogP contribution in [0.15, 0.2) is 16.5 Å². The number of aryl methyl sites for hydroxylation is 1. The van der Waals surface area contributed by atoms with Gasteiger partial charge in [0.1, 0.15) is 22.8 Å². The lowest BCUT2D eigenvalue weighted by molar-refractivity contribution is -0.886. The Balaban J connectivity index is 0.00000225. The number of ether oxygens (including phenoxy) is 1. The molecule has 1 heterocycles. The van der Waals surface area contributed by atoms with Crippen molar-refractivity contribution in [3.63, 3.8) is 0 Å². The molecule has 4 nitrogen and oxygen atoms in total. The van der Waals surface area contributed by atoms with E-state index < -0.39 is 17.4 Å². The Labute approximate surface area is 153 Å². The fourth-order valence-electron chi connectivity index (χ4n) is 3.28. The van der Waals surface area contributed by atoms with Crippen molar-refractivity contribution in [3.8, 4) is 0 Å². The molecule has 2 aromatic rings. The Bertz CT molecular complexity index is 792. The number of halogens is 2. The topological polar surface area (TPSA) is 43.9 Å². The van der Waals surface area contributed by atoms with Crippen LogP contribution in [0.3, 0.4) is 0 Å². The molecular weight excluding hydrogens is 345 g/mol. The van der Waals surface area contributed by atoms with E-state index in [0.717, 1.165) is 36.0 Å². The highest BCUT2D eigenvalue weighted by Crippen LogP contribution is 2.33. The zero-order valence-electron chi connectivity index (χ0n) is 15.3. The predicted octanol–water partition coefficient (Wildman–Crippen LogP) is -0.467. The van der Waals surface area contributed by atoms with Crippen molar-refractivity contribution in [1.29, 1.82) is 0 Å². The van der Waals surface area contributed by atoms with Crippen LogP contribution in [0.2, 0.25) is 0 Å². The Hall–Kier alpha value is -1.59. The summed E-state index contributed by atoms with van der Waals surface area (Å²) < 4.78 is 25.5. The van der Waals surface area contributed by atoms with E-state index in [1.54, 1.807) is 26.8 Å². The lowest BCUT2D eigenvalue weighted by Gasteiger charge is -2.24. The minimum absolute atomic E-state index is 0. The number of benzene rings is 1. The van der Waals surface area contributed by atoms with Gasteiger partial charge >= 0.3 is 5.97 Å². The average molecular weight is 370 g/mol. The van der Waals surface area contributed by atoms with Crippen molar-refractivity contribution in [2.45, 2.75) is 51.7 Å². The van der Waals surface area contributed by atoms with Crippen molar-refractivity contribution in [2.24, 2.45) is 0 Å². The molecule has 0 bridgehead atoms. The number of esters is 1. The van der Waals surface area contributed by atoms with Crippen molar-refractivity contribution >= 4 is 16.9 Å². The minimum Gasteiger partial charge on any atom is -1.00 e. The fourth-order valence-corrected chi connectivity index (χ4v) is 3.28. The van der Waals surface area contributed by atoms with Gasteiger partial charge in [-0.1, -0.05) is 0 Å². The Kier molecular flexibility index (Phi) is 5.50. The molecule has 0 saturated heterocycles. The summed E-state index contributed by atoms with van der Waals surface area (Å²) in [5.74, 6) is -0.316. The van der Waals surface area contributed by atoms with Crippen molar-refractivity contribution < 1.29 is 35.6 Å². The second-order valence-electron chi connectivity index (χ2n) is 7.85. The van der Waals surface area contributed by atoms with E-state index in [4.69, 9.17) is 9.15 Å². The molecule has 0 fully saturated rings. The average Bonchev–Trinajstić information content (AvgIpc) is 2.80. The molecule has 1 aliphatic carbocycles. The van der Waals surface area contributed by atoms with E-state index in [0.29, 0.717) is 11.6 Å². The monoisotopic (exact) mass is 369 g/mol. The molecule has 1 aromatic carbocycles. The second kappa shape index (κ2) is 6.96. The van der Waals surface area contributed by atoms with Gasteiger partial charge in [-0.3, -0.25) is 0 Å². The molecule has 0 radical (unpaired) electrons. The predicted molar refractivity (Wildman–Crippen MR) is 90.0 cm³/mol. The van der Waals surface area contributed by atoms with Gasteiger partial charge < -0.3 is 26.5 Å².